The number of hydrogen-bond donors (Lipinski definition) is 1. The van der Waals surface area contributed by atoms with Crippen molar-refractivity contribution in [1.82, 2.24) is 5.32 Å². The molecule has 0 unspecified atom stereocenters. The second-order valence-corrected chi connectivity index (χ2v) is 5.94. The van der Waals surface area contributed by atoms with E-state index in [4.69, 9.17) is 0 Å². The highest BCUT2D eigenvalue weighted by atomic mass is 19.1. The Morgan fingerprint density at radius 2 is 1.52 bits per heavy atom. The van der Waals surface area contributed by atoms with Crippen molar-refractivity contribution in [2.24, 2.45) is 0 Å². The lowest BCUT2D eigenvalue weighted by Crippen LogP contribution is -2.22. The molecule has 2 nitrogen and oxygen atoms in total. The Hall–Kier alpha value is -2.94. The van der Waals surface area contributed by atoms with Gasteiger partial charge in [0.1, 0.15) is 5.82 Å². The molecule has 25 heavy (non-hydrogen) atoms. The van der Waals surface area contributed by atoms with Crippen LogP contribution in [0.2, 0.25) is 0 Å². The molecule has 0 fully saturated rings. The average Bonchev–Trinajstić information content (AvgIpc) is 2.66. The van der Waals surface area contributed by atoms with E-state index in [0.717, 1.165) is 23.1 Å². The summed E-state index contributed by atoms with van der Waals surface area (Å²) in [5, 5.41) is 2.81. The first-order valence-electron chi connectivity index (χ1n) is 8.37. The number of aryl methyl sites for hydroxylation is 1. The van der Waals surface area contributed by atoms with Crippen LogP contribution in [-0.4, -0.2) is 5.91 Å². The molecule has 3 rings (SSSR count). The first-order valence-corrected chi connectivity index (χ1v) is 8.37. The third-order valence-corrected chi connectivity index (χ3v) is 4.18. The summed E-state index contributed by atoms with van der Waals surface area (Å²) < 4.78 is 13.2. The fraction of sp³-hybridized carbons (Fsp3) is 0.136. The van der Waals surface area contributed by atoms with Crippen molar-refractivity contribution in [1.29, 1.82) is 0 Å². The molecule has 0 aromatic heterocycles. The summed E-state index contributed by atoms with van der Waals surface area (Å²) in [6, 6.07) is 22.2. The molecule has 0 spiro atoms. The van der Waals surface area contributed by atoms with Crippen molar-refractivity contribution in [2.75, 3.05) is 0 Å². The predicted molar refractivity (Wildman–Crippen MR) is 98.8 cm³/mol. The zero-order chi connectivity index (χ0) is 17.6. The molecule has 3 heteroatoms. The SMILES string of the molecule is CCc1ccc(-c2ccc(C(=O)NCc3cccc(F)c3)cc2)cc1. The fourth-order valence-corrected chi connectivity index (χ4v) is 2.68. The van der Waals surface area contributed by atoms with E-state index in [0.29, 0.717) is 12.1 Å². The number of amides is 1. The molecule has 126 valence electrons. The Balaban J connectivity index is 1.65. The van der Waals surface area contributed by atoms with Gasteiger partial charge in [-0.2, -0.15) is 0 Å². The van der Waals surface area contributed by atoms with Gasteiger partial charge in [0.2, 0.25) is 0 Å². The van der Waals surface area contributed by atoms with Gasteiger partial charge in [0.25, 0.3) is 5.91 Å². The van der Waals surface area contributed by atoms with E-state index in [1.807, 2.05) is 24.3 Å². The summed E-state index contributed by atoms with van der Waals surface area (Å²) in [6.07, 6.45) is 1.02. The van der Waals surface area contributed by atoms with Gasteiger partial charge < -0.3 is 5.32 Å². The van der Waals surface area contributed by atoms with E-state index < -0.39 is 0 Å². The number of benzene rings is 3. The van der Waals surface area contributed by atoms with E-state index in [9.17, 15) is 9.18 Å². The molecule has 0 saturated heterocycles. The standard InChI is InChI=1S/C22H20FNO/c1-2-16-6-8-18(9-7-16)19-10-12-20(13-11-19)22(25)24-15-17-4-3-5-21(23)14-17/h3-14H,2,15H2,1H3,(H,24,25). The van der Waals surface area contributed by atoms with Gasteiger partial charge in [-0.3, -0.25) is 4.79 Å². The minimum atomic E-state index is -0.301. The van der Waals surface area contributed by atoms with Gasteiger partial charge in [0.15, 0.2) is 0 Å². The van der Waals surface area contributed by atoms with Crippen LogP contribution in [0.1, 0.15) is 28.4 Å². The highest BCUT2D eigenvalue weighted by Crippen LogP contribution is 2.20. The van der Waals surface area contributed by atoms with E-state index in [1.54, 1.807) is 12.1 Å². The van der Waals surface area contributed by atoms with Crippen molar-refractivity contribution < 1.29 is 9.18 Å². The van der Waals surface area contributed by atoms with Crippen molar-refractivity contribution in [3.05, 3.63) is 95.3 Å². The Morgan fingerprint density at radius 3 is 2.12 bits per heavy atom. The molecule has 3 aromatic rings. The van der Waals surface area contributed by atoms with Crippen LogP contribution in [0.15, 0.2) is 72.8 Å². The molecular formula is C22H20FNO. The van der Waals surface area contributed by atoms with Crippen molar-refractivity contribution in [2.45, 2.75) is 19.9 Å². The summed E-state index contributed by atoms with van der Waals surface area (Å²) in [4.78, 5) is 12.2. The molecule has 1 amide bonds. The zero-order valence-electron chi connectivity index (χ0n) is 14.1. The number of halogens is 1. The number of rotatable bonds is 5. The van der Waals surface area contributed by atoms with Crippen molar-refractivity contribution >= 4 is 5.91 Å². The highest BCUT2D eigenvalue weighted by molar-refractivity contribution is 5.94. The predicted octanol–water partition coefficient (Wildman–Crippen LogP) is 4.99. The van der Waals surface area contributed by atoms with Gasteiger partial charge in [-0.05, 0) is 52.9 Å². The van der Waals surface area contributed by atoms with Crippen LogP contribution in [-0.2, 0) is 13.0 Å². The van der Waals surface area contributed by atoms with Gasteiger partial charge in [-0.1, -0.05) is 55.5 Å². The Labute approximate surface area is 147 Å². The molecule has 0 aliphatic carbocycles. The third-order valence-electron chi connectivity index (χ3n) is 4.18. The number of carbonyl (C=O) groups excluding carboxylic acids is 1. The monoisotopic (exact) mass is 333 g/mol. The second-order valence-electron chi connectivity index (χ2n) is 5.94. The molecule has 0 atom stereocenters. The van der Waals surface area contributed by atoms with Crippen LogP contribution < -0.4 is 5.32 Å². The minimum absolute atomic E-state index is 0.169. The summed E-state index contributed by atoms with van der Waals surface area (Å²) in [5.41, 5.74) is 4.83. The van der Waals surface area contributed by atoms with Crippen LogP contribution in [0, 0.1) is 5.82 Å². The van der Waals surface area contributed by atoms with Gasteiger partial charge in [-0.25, -0.2) is 4.39 Å². The lowest BCUT2D eigenvalue weighted by molar-refractivity contribution is 0.0951. The molecule has 0 bridgehead atoms. The maximum absolute atomic E-state index is 13.2. The number of nitrogens with one attached hydrogen (secondary N) is 1. The summed E-state index contributed by atoms with van der Waals surface area (Å²) >= 11 is 0. The molecule has 3 aromatic carbocycles. The average molecular weight is 333 g/mol. The molecule has 0 aliphatic heterocycles. The highest BCUT2D eigenvalue weighted by Gasteiger charge is 2.06. The first-order chi connectivity index (χ1) is 12.2. The zero-order valence-corrected chi connectivity index (χ0v) is 14.1. The summed E-state index contributed by atoms with van der Waals surface area (Å²) in [6.45, 7) is 2.43. The Bertz CT molecular complexity index is 854. The van der Waals surface area contributed by atoms with Crippen LogP contribution in [0.25, 0.3) is 11.1 Å². The quantitative estimate of drug-likeness (QED) is 0.700. The lowest BCUT2D eigenvalue weighted by Gasteiger charge is -2.07. The van der Waals surface area contributed by atoms with Crippen LogP contribution >= 0.6 is 0 Å². The summed E-state index contributed by atoms with van der Waals surface area (Å²) in [7, 11) is 0. The fourth-order valence-electron chi connectivity index (χ4n) is 2.68. The topological polar surface area (TPSA) is 29.1 Å². The molecule has 1 N–H and O–H groups in total. The van der Waals surface area contributed by atoms with E-state index in [-0.39, 0.29) is 11.7 Å². The van der Waals surface area contributed by atoms with E-state index in [2.05, 4.69) is 36.5 Å². The van der Waals surface area contributed by atoms with Crippen LogP contribution in [0.3, 0.4) is 0 Å². The summed E-state index contributed by atoms with van der Waals surface area (Å²) in [5.74, 6) is -0.470. The molecule has 0 radical (unpaired) electrons. The molecule has 0 saturated carbocycles. The molecular weight excluding hydrogens is 313 g/mol. The maximum Gasteiger partial charge on any atom is 0.251 e. The van der Waals surface area contributed by atoms with Gasteiger partial charge in [0.05, 0.1) is 0 Å². The minimum Gasteiger partial charge on any atom is -0.348 e. The first kappa shape index (κ1) is 16.9. The lowest BCUT2D eigenvalue weighted by atomic mass is 10.0. The van der Waals surface area contributed by atoms with Crippen molar-refractivity contribution in [3.63, 3.8) is 0 Å². The number of carbonyl (C=O) groups is 1. The normalized spacial score (nSPS) is 10.5. The van der Waals surface area contributed by atoms with Crippen LogP contribution in [0.4, 0.5) is 4.39 Å². The molecule has 0 aliphatic rings. The van der Waals surface area contributed by atoms with E-state index >= 15 is 0 Å². The Kier molecular flexibility index (Phi) is 5.24. The van der Waals surface area contributed by atoms with E-state index in [1.165, 1.54) is 17.7 Å². The van der Waals surface area contributed by atoms with Gasteiger partial charge >= 0.3 is 0 Å². The van der Waals surface area contributed by atoms with Gasteiger partial charge in [-0.15, -0.1) is 0 Å². The van der Waals surface area contributed by atoms with Gasteiger partial charge in [0, 0.05) is 12.1 Å². The second kappa shape index (κ2) is 7.75. The maximum atomic E-state index is 13.2. The Morgan fingerprint density at radius 1 is 0.880 bits per heavy atom. The van der Waals surface area contributed by atoms with Crippen LogP contribution in [0.5, 0.6) is 0 Å². The van der Waals surface area contributed by atoms with Crippen molar-refractivity contribution in [3.8, 4) is 11.1 Å². The number of hydrogen-bond acceptors (Lipinski definition) is 1. The smallest absolute Gasteiger partial charge is 0.251 e. The molecule has 0 heterocycles. The largest absolute Gasteiger partial charge is 0.348 e. The third kappa shape index (κ3) is 4.32.